The lowest BCUT2D eigenvalue weighted by atomic mass is 9.69. The van der Waals surface area contributed by atoms with Gasteiger partial charge in [0.25, 0.3) is 0 Å². The summed E-state index contributed by atoms with van der Waals surface area (Å²) in [5, 5.41) is 3.90. The summed E-state index contributed by atoms with van der Waals surface area (Å²) in [4.78, 5) is 0. The molecule has 0 heterocycles. The Morgan fingerprint density at radius 2 is 1.67 bits per heavy atom. The summed E-state index contributed by atoms with van der Waals surface area (Å²) in [6, 6.07) is 1.57. The van der Waals surface area contributed by atoms with Crippen molar-refractivity contribution in [3.05, 3.63) is 0 Å². The zero-order valence-electron chi connectivity index (χ0n) is 11.9. The van der Waals surface area contributed by atoms with Crippen LogP contribution in [0.25, 0.3) is 0 Å². The second-order valence-electron chi connectivity index (χ2n) is 6.73. The van der Waals surface area contributed by atoms with Crippen molar-refractivity contribution in [2.45, 2.75) is 82.9 Å². The molecule has 0 aromatic rings. The third-order valence-corrected chi connectivity index (χ3v) is 5.51. The zero-order chi connectivity index (χ0) is 12.4. The van der Waals surface area contributed by atoms with Crippen molar-refractivity contribution in [2.75, 3.05) is 6.61 Å². The van der Waals surface area contributed by atoms with Crippen LogP contribution in [0.5, 0.6) is 0 Å². The van der Waals surface area contributed by atoms with E-state index >= 15 is 0 Å². The average molecular weight is 251 g/mol. The Labute approximate surface area is 112 Å². The SMILES string of the molecule is CCOC1CC(NC2CCC3CCCCC3C2)C1. The van der Waals surface area contributed by atoms with Crippen LogP contribution in [0.4, 0.5) is 0 Å². The fourth-order valence-electron chi connectivity index (χ4n) is 4.43. The minimum atomic E-state index is 0.554. The molecule has 3 rings (SSSR count). The maximum absolute atomic E-state index is 5.64. The maximum atomic E-state index is 5.64. The van der Waals surface area contributed by atoms with E-state index in [2.05, 4.69) is 12.2 Å². The van der Waals surface area contributed by atoms with E-state index in [0.717, 1.165) is 30.5 Å². The lowest BCUT2D eigenvalue weighted by Gasteiger charge is -2.43. The molecule has 0 radical (unpaired) electrons. The van der Waals surface area contributed by atoms with E-state index in [9.17, 15) is 0 Å². The molecule has 3 unspecified atom stereocenters. The molecule has 0 saturated heterocycles. The summed E-state index contributed by atoms with van der Waals surface area (Å²) in [7, 11) is 0. The van der Waals surface area contributed by atoms with Gasteiger partial charge in [0.15, 0.2) is 0 Å². The first-order valence-corrected chi connectivity index (χ1v) is 8.22. The Bertz CT molecular complexity index is 262. The van der Waals surface area contributed by atoms with Crippen molar-refractivity contribution in [3.8, 4) is 0 Å². The van der Waals surface area contributed by atoms with Crippen LogP contribution in [0.15, 0.2) is 0 Å². The smallest absolute Gasteiger partial charge is 0.0604 e. The molecule has 3 fully saturated rings. The molecule has 3 saturated carbocycles. The Balaban J connectivity index is 1.39. The predicted molar refractivity (Wildman–Crippen MR) is 74.7 cm³/mol. The molecule has 18 heavy (non-hydrogen) atoms. The second-order valence-corrected chi connectivity index (χ2v) is 6.73. The normalized spacial score (nSPS) is 44.2. The molecule has 0 aromatic heterocycles. The first kappa shape index (κ1) is 12.9. The second kappa shape index (κ2) is 5.92. The number of nitrogens with one attached hydrogen (secondary N) is 1. The number of rotatable bonds is 4. The van der Waals surface area contributed by atoms with Crippen LogP contribution in [0.2, 0.25) is 0 Å². The summed E-state index contributed by atoms with van der Waals surface area (Å²) in [6.07, 6.45) is 13.4. The summed E-state index contributed by atoms with van der Waals surface area (Å²) in [6.45, 7) is 2.98. The highest BCUT2D eigenvalue weighted by Crippen LogP contribution is 2.41. The molecular weight excluding hydrogens is 222 g/mol. The molecule has 0 bridgehead atoms. The van der Waals surface area contributed by atoms with Crippen LogP contribution in [0.1, 0.15) is 64.7 Å². The van der Waals surface area contributed by atoms with E-state index in [-0.39, 0.29) is 0 Å². The van der Waals surface area contributed by atoms with E-state index in [0.29, 0.717) is 6.10 Å². The van der Waals surface area contributed by atoms with Crippen LogP contribution in [-0.2, 0) is 4.74 Å². The molecule has 0 spiro atoms. The molecule has 0 amide bonds. The molecule has 2 nitrogen and oxygen atoms in total. The number of hydrogen-bond acceptors (Lipinski definition) is 2. The summed E-state index contributed by atoms with van der Waals surface area (Å²) in [5.74, 6) is 2.13. The average Bonchev–Trinajstić information content (AvgIpc) is 2.36. The monoisotopic (exact) mass is 251 g/mol. The van der Waals surface area contributed by atoms with Crippen LogP contribution < -0.4 is 5.32 Å². The van der Waals surface area contributed by atoms with Gasteiger partial charge in [0.05, 0.1) is 6.10 Å². The third-order valence-electron chi connectivity index (χ3n) is 5.51. The zero-order valence-corrected chi connectivity index (χ0v) is 11.9. The molecule has 3 aliphatic carbocycles. The molecule has 3 aliphatic rings. The van der Waals surface area contributed by atoms with Gasteiger partial charge < -0.3 is 10.1 Å². The van der Waals surface area contributed by atoms with Gasteiger partial charge in [-0.3, -0.25) is 0 Å². The summed E-state index contributed by atoms with van der Waals surface area (Å²) >= 11 is 0. The van der Waals surface area contributed by atoms with Crippen molar-refractivity contribution in [3.63, 3.8) is 0 Å². The van der Waals surface area contributed by atoms with Crippen molar-refractivity contribution in [2.24, 2.45) is 11.8 Å². The van der Waals surface area contributed by atoms with E-state index < -0.39 is 0 Å². The lowest BCUT2D eigenvalue weighted by molar-refractivity contribution is -0.0156. The van der Waals surface area contributed by atoms with Crippen molar-refractivity contribution in [1.29, 1.82) is 0 Å². The lowest BCUT2D eigenvalue weighted by Crippen LogP contribution is -2.51. The highest BCUT2D eigenvalue weighted by atomic mass is 16.5. The molecule has 104 valence electrons. The van der Waals surface area contributed by atoms with Gasteiger partial charge in [0.1, 0.15) is 0 Å². The standard InChI is InChI=1S/C16H29NO/c1-2-18-16-10-15(11-16)17-14-8-7-12-5-3-4-6-13(12)9-14/h12-17H,2-11H2,1H3. The topological polar surface area (TPSA) is 21.3 Å². The van der Waals surface area contributed by atoms with Crippen LogP contribution >= 0.6 is 0 Å². The van der Waals surface area contributed by atoms with Crippen molar-refractivity contribution in [1.82, 2.24) is 5.32 Å². The van der Waals surface area contributed by atoms with E-state index in [1.807, 2.05) is 0 Å². The Morgan fingerprint density at radius 3 is 2.44 bits per heavy atom. The molecule has 2 heteroatoms. The number of hydrogen-bond donors (Lipinski definition) is 1. The van der Waals surface area contributed by atoms with Gasteiger partial charge in [0.2, 0.25) is 0 Å². The molecule has 0 aliphatic heterocycles. The Hall–Kier alpha value is -0.0800. The van der Waals surface area contributed by atoms with Gasteiger partial charge in [-0.05, 0) is 50.9 Å². The van der Waals surface area contributed by atoms with Gasteiger partial charge in [-0.15, -0.1) is 0 Å². The van der Waals surface area contributed by atoms with E-state index in [4.69, 9.17) is 4.74 Å². The fourth-order valence-corrected chi connectivity index (χ4v) is 4.43. The molecular formula is C16H29NO. The van der Waals surface area contributed by atoms with E-state index in [1.165, 1.54) is 57.8 Å². The Kier molecular flexibility index (Phi) is 4.25. The molecule has 1 N–H and O–H groups in total. The fraction of sp³-hybridized carbons (Fsp3) is 1.00. The van der Waals surface area contributed by atoms with Gasteiger partial charge >= 0.3 is 0 Å². The highest BCUT2D eigenvalue weighted by Gasteiger charge is 2.35. The first-order chi connectivity index (χ1) is 8.85. The largest absolute Gasteiger partial charge is 0.378 e. The summed E-state index contributed by atoms with van der Waals surface area (Å²) in [5.41, 5.74) is 0. The highest BCUT2D eigenvalue weighted by molar-refractivity contribution is 4.92. The number of fused-ring (bicyclic) bond motifs is 1. The number of ether oxygens (including phenoxy) is 1. The Morgan fingerprint density at radius 1 is 0.889 bits per heavy atom. The maximum Gasteiger partial charge on any atom is 0.0604 e. The van der Waals surface area contributed by atoms with Crippen LogP contribution in [0.3, 0.4) is 0 Å². The van der Waals surface area contributed by atoms with Crippen molar-refractivity contribution >= 4 is 0 Å². The first-order valence-electron chi connectivity index (χ1n) is 8.22. The predicted octanol–water partition coefficient (Wildman–Crippen LogP) is 3.50. The minimum Gasteiger partial charge on any atom is -0.378 e. The van der Waals surface area contributed by atoms with Gasteiger partial charge in [0, 0.05) is 18.7 Å². The molecule has 3 atom stereocenters. The van der Waals surface area contributed by atoms with Crippen LogP contribution in [0, 0.1) is 11.8 Å². The van der Waals surface area contributed by atoms with Gasteiger partial charge in [-0.1, -0.05) is 25.7 Å². The van der Waals surface area contributed by atoms with Gasteiger partial charge in [-0.25, -0.2) is 0 Å². The van der Waals surface area contributed by atoms with E-state index in [1.54, 1.807) is 0 Å². The quantitative estimate of drug-likeness (QED) is 0.825. The van der Waals surface area contributed by atoms with Crippen LogP contribution in [-0.4, -0.2) is 24.8 Å². The molecule has 0 aromatic carbocycles. The van der Waals surface area contributed by atoms with Gasteiger partial charge in [-0.2, -0.15) is 0 Å². The minimum absolute atomic E-state index is 0.554. The summed E-state index contributed by atoms with van der Waals surface area (Å²) < 4.78 is 5.64. The third kappa shape index (κ3) is 2.91. The van der Waals surface area contributed by atoms with Crippen molar-refractivity contribution < 1.29 is 4.74 Å².